The van der Waals surface area contributed by atoms with Crippen LogP contribution in [0.15, 0.2) is 65.9 Å². The molecule has 3 aromatic rings. The average molecular weight is 516 g/mol. The van der Waals surface area contributed by atoms with Crippen LogP contribution in [0.25, 0.3) is 11.4 Å². The van der Waals surface area contributed by atoms with Gasteiger partial charge >= 0.3 is 0 Å². The highest BCUT2D eigenvalue weighted by Crippen LogP contribution is 2.40. The van der Waals surface area contributed by atoms with Crippen molar-refractivity contribution in [3.05, 3.63) is 72.1 Å². The minimum absolute atomic E-state index is 0. The molecule has 0 radical (unpaired) electrons. The number of guanidine groups is 1. The molecule has 0 bridgehead atoms. The number of hydrogen-bond donors (Lipinski definition) is 3. The Kier molecular flexibility index (Phi) is 7.84. The largest absolute Gasteiger partial charge is 0.356 e. The second kappa shape index (κ2) is 10.6. The molecule has 2 aromatic carbocycles. The maximum atomic E-state index is 4.43. The minimum atomic E-state index is 0. The molecule has 4 rings (SSSR count). The smallest absolute Gasteiger partial charge is 0.191 e. The number of benzene rings is 2. The third-order valence-electron chi connectivity index (χ3n) is 5.84. The molecule has 0 unspecified atom stereocenters. The molecule has 0 saturated heterocycles. The predicted molar refractivity (Wildman–Crippen MR) is 132 cm³/mol. The third kappa shape index (κ3) is 5.19. The van der Waals surface area contributed by atoms with E-state index in [0.29, 0.717) is 6.54 Å². The zero-order valence-corrected chi connectivity index (χ0v) is 19.6. The van der Waals surface area contributed by atoms with E-state index < -0.39 is 0 Å². The maximum absolute atomic E-state index is 4.43. The van der Waals surface area contributed by atoms with Crippen molar-refractivity contribution < 1.29 is 0 Å². The number of rotatable bonds is 6. The van der Waals surface area contributed by atoms with Gasteiger partial charge in [0.05, 0.1) is 0 Å². The number of nitrogens with one attached hydrogen (secondary N) is 3. The van der Waals surface area contributed by atoms with Gasteiger partial charge in [-0.25, -0.2) is 4.98 Å². The average Bonchev–Trinajstić information content (AvgIpc) is 3.48. The van der Waals surface area contributed by atoms with E-state index in [9.17, 15) is 0 Å². The molecule has 1 aliphatic carbocycles. The van der Waals surface area contributed by atoms with Gasteiger partial charge in [-0.05, 0) is 30.0 Å². The van der Waals surface area contributed by atoms with E-state index >= 15 is 0 Å². The number of hydrogen-bond acceptors (Lipinski definition) is 3. The number of aliphatic imine (C=N–C) groups is 1. The van der Waals surface area contributed by atoms with E-state index in [1.165, 1.54) is 43.1 Å². The number of halogens is 1. The van der Waals surface area contributed by atoms with E-state index in [2.05, 4.69) is 73.3 Å². The highest BCUT2D eigenvalue weighted by molar-refractivity contribution is 14.0. The Morgan fingerprint density at radius 1 is 1.07 bits per heavy atom. The Labute approximate surface area is 195 Å². The van der Waals surface area contributed by atoms with Gasteiger partial charge in [0, 0.05) is 31.1 Å². The van der Waals surface area contributed by atoms with Crippen LogP contribution < -0.4 is 10.6 Å². The molecule has 0 amide bonds. The summed E-state index contributed by atoms with van der Waals surface area (Å²) < 4.78 is 0. The summed E-state index contributed by atoms with van der Waals surface area (Å²) in [4.78, 5) is 8.65. The lowest BCUT2D eigenvalue weighted by molar-refractivity contribution is 0.431. The van der Waals surface area contributed by atoms with Gasteiger partial charge in [-0.15, -0.1) is 24.0 Å². The van der Waals surface area contributed by atoms with Crippen molar-refractivity contribution in [3.8, 4) is 11.4 Å². The van der Waals surface area contributed by atoms with E-state index in [4.69, 9.17) is 0 Å². The first-order valence-corrected chi connectivity index (χ1v) is 10.2. The number of H-pyrrole nitrogens is 1. The first-order valence-electron chi connectivity index (χ1n) is 10.2. The molecule has 1 aromatic heterocycles. The fraction of sp³-hybridized carbons (Fsp3) is 0.348. The Morgan fingerprint density at radius 3 is 2.57 bits per heavy atom. The third-order valence-corrected chi connectivity index (χ3v) is 5.84. The molecule has 1 heterocycles. The standard InChI is InChI=1S/C23H28N6.HI/c1-24-22(25-15-18-8-7-9-19(14-18)21-27-17-28-29-21)26-16-23(12-5-6-13-23)20-10-3-2-4-11-20;/h2-4,7-11,14,17H,5-6,12-13,15-16H2,1H3,(H2,24,25,26)(H,27,28,29);1H. The summed E-state index contributed by atoms with van der Waals surface area (Å²) in [6, 6.07) is 19.2. The number of nitrogens with zero attached hydrogens (tertiary/aromatic N) is 3. The molecule has 30 heavy (non-hydrogen) atoms. The van der Waals surface area contributed by atoms with Crippen molar-refractivity contribution >= 4 is 29.9 Å². The van der Waals surface area contributed by atoms with E-state index in [-0.39, 0.29) is 29.4 Å². The number of aromatic nitrogens is 3. The Bertz CT molecular complexity index is 933. The second-order valence-corrected chi connectivity index (χ2v) is 7.67. The van der Waals surface area contributed by atoms with Gasteiger partial charge in [-0.1, -0.05) is 61.4 Å². The van der Waals surface area contributed by atoms with E-state index in [1.807, 2.05) is 19.2 Å². The van der Waals surface area contributed by atoms with Crippen LogP contribution in [0.1, 0.15) is 36.8 Å². The molecule has 0 spiro atoms. The quantitative estimate of drug-likeness (QED) is 0.260. The highest BCUT2D eigenvalue weighted by Gasteiger charge is 2.35. The summed E-state index contributed by atoms with van der Waals surface area (Å²) in [6.45, 7) is 1.59. The summed E-state index contributed by atoms with van der Waals surface area (Å²) >= 11 is 0. The molecule has 0 aliphatic heterocycles. The van der Waals surface area contributed by atoms with Crippen LogP contribution in [0.3, 0.4) is 0 Å². The normalized spacial score (nSPS) is 15.4. The fourth-order valence-corrected chi connectivity index (χ4v) is 4.24. The molecule has 7 heteroatoms. The molecule has 1 saturated carbocycles. The van der Waals surface area contributed by atoms with Crippen LogP contribution in [-0.2, 0) is 12.0 Å². The van der Waals surface area contributed by atoms with Crippen molar-refractivity contribution in [2.45, 2.75) is 37.6 Å². The summed E-state index contributed by atoms with van der Waals surface area (Å²) in [7, 11) is 1.82. The lowest BCUT2D eigenvalue weighted by Gasteiger charge is -2.30. The molecular formula is C23H29IN6. The number of aromatic amines is 1. The van der Waals surface area contributed by atoms with Gasteiger partial charge < -0.3 is 10.6 Å². The highest BCUT2D eigenvalue weighted by atomic mass is 127. The van der Waals surface area contributed by atoms with Gasteiger partial charge in [0.1, 0.15) is 6.33 Å². The Morgan fingerprint density at radius 2 is 1.87 bits per heavy atom. The molecular weight excluding hydrogens is 487 g/mol. The topological polar surface area (TPSA) is 78.0 Å². The van der Waals surface area contributed by atoms with Crippen molar-refractivity contribution in [1.29, 1.82) is 0 Å². The monoisotopic (exact) mass is 516 g/mol. The molecule has 0 atom stereocenters. The zero-order chi connectivity index (χ0) is 19.9. The van der Waals surface area contributed by atoms with Crippen LogP contribution in [0.5, 0.6) is 0 Å². The summed E-state index contributed by atoms with van der Waals surface area (Å²) in [6.07, 6.45) is 6.55. The Hall–Kier alpha value is -2.42. The minimum Gasteiger partial charge on any atom is -0.356 e. The van der Waals surface area contributed by atoms with Gasteiger partial charge in [-0.3, -0.25) is 10.1 Å². The maximum Gasteiger partial charge on any atom is 0.191 e. The van der Waals surface area contributed by atoms with Crippen molar-refractivity contribution in [2.24, 2.45) is 4.99 Å². The van der Waals surface area contributed by atoms with Gasteiger partial charge in [-0.2, -0.15) is 5.10 Å². The zero-order valence-electron chi connectivity index (χ0n) is 17.3. The van der Waals surface area contributed by atoms with E-state index in [1.54, 1.807) is 0 Å². The van der Waals surface area contributed by atoms with E-state index in [0.717, 1.165) is 23.9 Å². The summed E-state index contributed by atoms with van der Waals surface area (Å²) in [5.41, 5.74) is 3.82. The van der Waals surface area contributed by atoms with Crippen molar-refractivity contribution in [3.63, 3.8) is 0 Å². The SMILES string of the molecule is CN=C(NCc1cccc(-c2ncn[nH]2)c1)NCC1(c2ccccc2)CCCC1.I. The van der Waals surface area contributed by atoms with Crippen LogP contribution in [0.4, 0.5) is 0 Å². The van der Waals surface area contributed by atoms with Crippen LogP contribution in [0, 0.1) is 0 Å². The molecule has 3 N–H and O–H groups in total. The van der Waals surface area contributed by atoms with Crippen LogP contribution in [0.2, 0.25) is 0 Å². The molecule has 6 nitrogen and oxygen atoms in total. The van der Waals surface area contributed by atoms with Crippen molar-refractivity contribution in [1.82, 2.24) is 25.8 Å². The fourth-order valence-electron chi connectivity index (χ4n) is 4.24. The Balaban J connectivity index is 0.00000256. The lowest BCUT2D eigenvalue weighted by Crippen LogP contribution is -2.44. The lowest BCUT2D eigenvalue weighted by atomic mass is 9.79. The van der Waals surface area contributed by atoms with Gasteiger partial charge in [0.15, 0.2) is 11.8 Å². The molecule has 1 fully saturated rings. The summed E-state index contributed by atoms with van der Waals surface area (Å²) in [5.74, 6) is 1.61. The summed E-state index contributed by atoms with van der Waals surface area (Å²) in [5, 5.41) is 13.9. The predicted octanol–water partition coefficient (Wildman–Crippen LogP) is 4.27. The molecule has 158 valence electrons. The second-order valence-electron chi connectivity index (χ2n) is 7.67. The molecule has 1 aliphatic rings. The first-order chi connectivity index (χ1) is 14.3. The van der Waals surface area contributed by atoms with Crippen LogP contribution >= 0.6 is 24.0 Å². The van der Waals surface area contributed by atoms with Gasteiger partial charge in [0.25, 0.3) is 0 Å². The van der Waals surface area contributed by atoms with Crippen molar-refractivity contribution in [2.75, 3.05) is 13.6 Å². The van der Waals surface area contributed by atoms with Gasteiger partial charge in [0.2, 0.25) is 0 Å². The first kappa shape index (κ1) is 22.3. The van der Waals surface area contributed by atoms with Crippen LogP contribution in [-0.4, -0.2) is 34.7 Å².